The van der Waals surface area contributed by atoms with E-state index in [2.05, 4.69) is 0 Å². The van der Waals surface area contributed by atoms with Crippen LogP contribution in [0.4, 0.5) is 0 Å². The van der Waals surface area contributed by atoms with Crippen molar-refractivity contribution in [3.05, 3.63) is 0 Å². The van der Waals surface area contributed by atoms with E-state index in [4.69, 9.17) is 0 Å². The summed E-state index contributed by atoms with van der Waals surface area (Å²) in [7, 11) is 3.58. The Balaban J connectivity index is -0.0000000450. The molecule has 0 saturated carbocycles. The molecule has 6 heavy (non-hydrogen) atoms. The molecule has 0 aliphatic rings. The molecule has 0 aromatic heterocycles. The minimum Gasteiger partial charge on any atom is 0 e. The Morgan fingerprint density at radius 2 is 1.00 bits per heavy atom. The molecule has 0 amide bonds. The van der Waals surface area contributed by atoms with Gasteiger partial charge in [-0.1, -0.05) is 0 Å². The van der Waals surface area contributed by atoms with Crippen LogP contribution in [0.1, 0.15) is 0 Å². The molecule has 0 unspecified atom stereocenters. The Labute approximate surface area is 85.6 Å². The average molecular weight is 373 g/mol. The van der Waals surface area contributed by atoms with Gasteiger partial charge in [0.15, 0.2) is 0 Å². The normalized spacial score (nSPS) is 4.67. The smallest absolute Gasteiger partial charge is 0 e. The van der Waals surface area contributed by atoms with Crippen LogP contribution in [0.2, 0.25) is 0 Å². The molecule has 44 valence electrons. The molecule has 0 spiro atoms. The first-order valence-corrected chi connectivity index (χ1v) is 7.42. The van der Waals surface area contributed by atoms with Crippen LogP contribution in [0.5, 0.6) is 0 Å². The summed E-state index contributed by atoms with van der Waals surface area (Å²) in [6.07, 6.45) is 0. The van der Waals surface area contributed by atoms with Gasteiger partial charge in [0, 0.05) is 33.0 Å². The van der Waals surface area contributed by atoms with Gasteiger partial charge in [0.2, 0.25) is 0 Å². The van der Waals surface area contributed by atoms with E-state index in [9.17, 15) is 0 Å². The summed E-state index contributed by atoms with van der Waals surface area (Å²) in [5, 5.41) is 0. The molecular weight excluding hydrogens is 373 g/mol. The van der Waals surface area contributed by atoms with Crippen LogP contribution < -0.4 is 0 Å². The van der Waals surface area contributed by atoms with Crippen LogP contribution in [-0.2, 0) is 70.1 Å². The van der Waals surface area contributed by atoms with E-state index in [0.29, 0.717) is 0 Å². The molecule has 0 nitrogen and oxygen atoms in total. The second-order valence-electron chi connectivity index (χ2n) is 0.136. The summed E-state index contributed by atoms with van der Waals surface area (Å²) in [4.78, 5) is 0. The molecule has 0 aliphatic heterocycles. The predicted molar refractivity (Wildman–Crippen MR) is 15.2 cm³/mol. The number of hydrogen-bond acceptors (Lipinski definition) is 2. The van der Waals surface area contributed by atoms with Crippen LogP contribution in [0, 0.1) is 0 Å². The third-order valence-electron chi connectivity index (χ3n) is 0.0278. The average Bonchev–Trinajstić information content (AvgIpc) is 1.37. The SMILES string of the molecule is [Mo][S][S][Mo].[Ni].[Ni]. The van der Waals surface area contributed by atoms with Crippen LogP contribution in [0.15, 0.2) is 0 Å². The van der Waals surface area contributed by atoms with Crippen molar-refractivity contribution in [2.45, 2.75) is 0 Å². The van der Waals surface area contributed by atoms with Crippen molar-refractivity contribution >= 4 is 17.0 Å². The van der Waals surface area contributed by atoms with E-state index in [1.807, 2.05) is 37.1 Å². The van der Waals surface area contributed by atoms with Gasteiger partial charge in [-0.2, -0.15) is 0 Å². The Kier molecular flexibility index (Phi) is 41.9. The summed E-state index contributed by atoms with van der Waals surface area (Å²) in [6, 6.07) is 0. The molecule has 0 saturated heterocycles. The molecule has 0 rings (SSSR count). The van der Waals surface area contributed by atoms with E-state index < -0.39 is 0 Å². The van der Waals surface area contributed by atoms with E-state index >= 15 is 0 Å². The first-order chi connectivity index (χ1) is 1.91. The van der Waals surface area contributed by atoms with Crippen molar-refractivity contribution in [3.8, 4) is 0 Å². The van der Waals surface area contributed by atoms with Crippen molar-refractivity contribution in [2.75, 3.05) is 0 Å². The summed E-state index contributed by atoms with van der Waals surface area (Å²) in [5.74, 6) is 0. The van der Waals surface area contributed by atoms with Crippen LogP contribution in [0.3, 0.4) is 0 Å². The second-order valence-corrected chi connectivity index (χ2v) is 7.25. The van der Waals surface area contributed by atoms with Gasteiger partial charge in [0.1, 0.15) is 0 Å². The van der Waals surface area contributed by atoms with Gasteiger partial charge in [-0.15, -0.1) is 0 Å². The fourth-order valence-corrected chi connectivity index (χ4v) is 0. The first-order valence-electron chi connectivity index (χ1n) is 0.500. The van der Waals surface area contributed by atoms with Gasteiger partial charge >= 0.3 is 54.1 Å². The minimum absolute atomic E-state index is 0. The molecule has 0 aliphatic carbocycles. The standard InChI is InChI=1S/2Mo.2Ni.S2/c;;;;1-2/q2*+1;;;-2. The van der Waals surface area contributed by atoms with Crippen molar-refractivity contribution in [3.63, 3.8) is 0 Å². The molecule has 0 heterocycles. The third-order valence-corrected chi connectivity index (χ3v) is 8.75. The minimum atomic E-state index is 0. The van der Waals surface area contributed by atoms with E-state index in [-0.39, 0.29) is 33.0 Å². The Bertz CT molecular complexity index is 11.5. The molecule has 0 radical (unpaired) electrons. The second kappa shape index (κ2) is 15.7. The largest absolute Gasteiger partial charge is 0 e. The fraction of sp³-hybridized carbons (Fsp3) is 0. The van der Waals surface area contributed by atoms with Gasteiger partial charge in [-0.25, -0.2) is 0 Å². The predicted octanol–water partition coefficient (Wildman–Crippen LogP) is 1.29. The first kappa shape index (κ1) is 16.0. The molecule has 0 bridgehead atoms. The molecule has 0 N–H and O–H groups in total. The monoisotopic (exact) mass is 376 g/mol. The summed E-state index contributed by atoms with van der Waals surface area (Å²) >= 11 is 4.01. The van der Waals surface area contributed by atoms with Crippen molar-refractivity contribution in [1.82, 2.24) is 0 Å². The summed E-state index contributed by atoms with van der Waals surface area (Å²) < 4.78 is 0. The summed E-state index contributed by atoms with van der Waals surface area (Å²) in [5.41, 5.74) is 0. The van der Waals surface area contributed by atoms with Gasteiger partial charge in [0.05, 0.1) is 0 Å². The maximum Gasteiger partial charge on any atom is 0 e. The van der Waals surface area contributed by atoms with E-state index in [0.717, 1.165) is 0 Å². The molecule has 0 fully saturated rings. The van der Waals surface area contributed by atoms with E-state index in [1.54, 1.807) is 17.0 Å². The van der Waals surface area contributed by atoms with Crippen molar-refractivity contribution in [2.24, 2.45) is 0 Å². The molecule has 6 heteroatoms. The fourth-order valence-electron chi connectivity index (χ4n) is 0. The zero-order valence-corrected chi connectivity index (χ0v) is 9.89. The Morgan fingerprint density at radius 3 is 1.00 bits per heavy atom. The quantitative estimate of drug-likeness (QED) is 0.502. The van der Waals surface area contributed by atoms with Gasteiger partial charge in [-0.3, -0.25) is 0 Å². The van der Waals surface area contributed by atoms with Gasteiger partial charge in [0.25, 0.3) is 0 Å². The third kappa shape index (κ3) is 15.7. The zero-order chi connectivity index (χ0) is 3.41. The van der Waals surface area contributed by atoms with Gasteiger partial charge in [-0.05, 0) is 0 Å². The summed E-state index contributed by atoms with van der Waals surface area (Å²) in [6.45, 7) is 0. The van der Waals surface area contributed by atoms with Crippen LogP contribution in [0.25, 0.3) is 0 Å². The number of rotatable bonds is 1. The molecule has 0 atom stereocenters. The van der Waals surface area contributed by atoms with Gasteiger partial charge < -0.3 is 0 Å². The molecule has 0 aromatic rings. The zero-order valence-electron chi connectivity index (χ0n) is 2.27. The molecular formula is Mo2Ni2S2. The Hall–Kier alpha value is 3.06. The van der Waals surface area contributed by atoms with Crippen LogP contribution >= 0.6 is 17.0 Å². The van der Waals surface area contributed by atoms with Crippen LogP contribution in [-0.4, -0.2) is 0 Å². The number of hydrogen-bond donors (Lipinski definition) is 0. The van der Waals surface area contributed by atoms with E-state index in [1.165, 1.54) is 0 Å². The topological polar surface area (TPSA) is 0 Å². The maximum absolute atomic E-state index is 2.01. The Morgan fingerprint density at radius 1 is 0.833 bits per heavy atom. The van der Waals surface area contributed by atoms with Crippen molar-refractivity contribution < 1.29 is 70.1 Å². The molecule has 0 aromatic carbocycles. The maximum atomic E-state index is 2.01. The van der Waals surface area contributed by atoms with Crippen molar-refractivity contribution in [1.29, 1.82) is 0 Å².